The minimum absolute atomic E-state index is 0.0424. The first-order chi connectivity index (χ1) is 20.7. The minimum atomic E-state index is -4.36. The summed E-state index contributed by atoms with van der Waals surface area (Å²) in [6, 6.07) is 3.95. The number of aliphatic hydroxyl groups excluding tert-OH is 1. The molecule has 1 aromatic rings. The van der Waals surface area contributed by atoms with Gasteiger partial charge < -0.3 is 28.2 Å². The van der Waals surface area contributed by atoms with Gasteiger partial charge in [0.15, 0.2) is 8.32 Å². The van der Waals surface area contributed by atoms with Crippen molar-refractivity contribution in [2.45, 2.75) is 116 Å². The van der Waals surface area contributed by atoms with Crippen molar-refractivity contribution in [1.29, 1.82) is 0 Å². The summed E-state index contributed by atoms with van der Waals surface area (Å²) < 4.78 is 37.0. The predicted molar refractivity (Wildman–Crippen MR) is 170 cm³/mol. The molecular formula is C31H49N2O10PSi. The predicted octanol–water partition coefficient (Wildman–Crippen LogP) is 4.96. The van der Waals surface area contributed by atoms with Crippen molar-refractivity contribution < 1.29 is 47.1 Å². The number of β-lactam (4-membered cyclic amide) rings is 1. The molecule has 12 nitrogen and oxygen atoms in total. The number of amides is 3. The molecule has 2 aliphatic rings. The number of hydrogen-bond donors (Lipinski definition) is 1. The standard InChI is InChI=1S/C31H49N2O10PSi/c1-11-40-44(39,41-12-2)28(29(38)43-30(3,4)5)32-23(18-17-20(34)19-42-45(9,10)31(6,7)8)24(27(32)37)33-25(35)21-15-13-14-16-22(21)26(33)36/h13-16,20,23-24,28,34H,11-12,17-19H2,1-10H3/t20?,23-,24+,28?/m1/s1. The number of hydrogen-bond acceptors (Lipinski definition) is 10. The van der Waals surface area contributed by atoms with Crippen molar-refractivity contribution in [1.82, 2.24) is 9.80 Å². The number of esters is 1. The van der Waals surface area contributed by atoms with E-state index in [1.807, 2.05) is 0 Å². The molecule has 14 heteroatoms. The first kappa shape index (κ1) is 37.0. The summed E-state index contributed by atoms with van der Waals surface area (Å²) in [5.74, 6) is -4.88. The molecule has 3 amide bonds. The van der Waals surface area contributed by atoms with E-state index in [-0.39, 0.29) is 48.8 Å². The smallest absolute Gasteiger partial charge is 0.364 e. The number of benzene rings is 1. The van der Waals surface area contributed by atoms with E-state index in [1.54, 1.807) is 46.8 Å². The molecule has 1 N–H and O–H groups in total. The molecule has 1 saturated heterocycles. The second kappa shape index (κ2) is 13.7. The van der Waals surface area contributed by atoms with E-state index in [4.69, 9.17) is 18.2 Å². The summed E-state index contributed by atoms with van der Waals surface area (Å²) in [5, 5.41) is 10.9. The van der Waals surface area contributed by atoms with E-state index in [2.05, 4.69) is 33.9 Å². The topological polar surface area (TPSA) is 149 Å². The summed E-state index contributed by atoms with van der Waals surface area (Å²) in [5.41, 5.74) is -0.692. The van der Waals surface area contributed by atoms with Gasteiger partial charge in [-0.3, -0.25) is 23.8 Å². The van der Waals surface area contributed by atoms with E-state index < -0.39 is 69.2 Å². The van der Waals surface area contributed by atoms with Gasteiger partial charge in [-0.05, 0) is 77.7 Å². The number of fused-ring (bicyclic) bond motifs is 1. The van der Waals surface area contributed by atoms with Gasteiger partial charge >= 0.3 is 13.6 Å². The van der Waals surface area contributed by atoms with Crippen molar-refractivity contribution >= 4 is 39.6 Å². The van der Waals surface area contributed by atoms with Crippen molar-refractivity contribution in [3.05, 3.63) is 35.4 Å². The van der Waals surface area contributed by atoms with E-state index in [0.29, 0.717) is 0 Å². The quantitative estimate of drug-likeness (QED) is 0.0948. The van der Waals surface area contributed by atoms with Crippen LogP contribution in [0.1, 0.15) is 88.9 Å². The number of aliphatic hydroxyl groups is 1. The van der Waals surface area contributed by atoms with Crippen molar-refractivity contribution in [2.75, 3.05) is 19.8 Å². The molecule has 2 unspecified atom stereocenters. The van der Waals surface area contributed by atoms with Gasteiger partial charge in [0.2, 0.25) is 11.7 Å². The van der Waals surface area contributed by atoms with Crippen molar-refractivity contribution in [3.63, 3.8) is 0 Å². The third-order valence-corrected chi connectivity index (χ3v) is 15.2. The fourth-order valence-electron chi connectivity index (χ4n) is 5.15. The third kappa shape index (κ3) is 7.77. The lowest BCUT2D eigenvalue weighted by Gasteiger charge is -2.53. The molecule has 0 radical (unpaired) electrons. The highest BCUT2D eigenvalue weighted by Crippen LogP contribution is 2.57. The molecule has 2 aliphatic heterocycles. The molecule has 0 saturated carbocycles. The zero-order valence-electron chi connectivity index (χ0n) is 28.1. The fourth-order valence-corrected chi connectivity index (χ4v) is 8.17. The van der Waals surface area contributed by atoms with Gasteiger partial charge in [0, 0.05) is 0 Å². The lowest BCUT2D eigenvalue weighted by molar-refractivity contribution is -0.174. The van der Waals surface area contributed by atoms with Gasteiger partial charge in [0.05, 0.1) is 43.1 Å². The van der Waals surface area contributed by atoms with Crippen LogP contribution in [0, 0.1) is 0 Å². The van der Waals surface area contributed by atoms with Crippen LogP contribution in [0.4, 0.5) is 0 Å². The Balaban J connectivity index is 2.02. The molecule has 0 bridgehead atoms. The van der Waals surface area contributed by atoms with Gasteiger partial charge in [-0.15, -0.1) is 0 Å². The second-order valence-corrected chi connectivity index (χ2v) is 20.8. The Morgan fingerprint density at radius 2 is 1.49 bits per heavy atom. The molecular weight excluding hydrogens is 619 g/mol. The summed E-state index contributed by atoms with van der Waals surface area (Å²) in [4.78, 5) is 56.6. The van der Waals surface area contributed by atoms with Crippen LogP contribution >= 0.6 is 7.60 Å². The Labute approximate surface area is 267 Å². The van der Waals surface area contributed by atoms with Crippen LogP contribution in [0.3, 0.4) is 0 Å². The molecule has 1 fully saturated rings. The number of rotatable bonds is 14. The van der Waals surface area contributed by atoms with E-state index in [0.717, 1.165) is 9.80 Å². The van der Waals surface area contributed by atoms with E-state index in [9.17, 15) is 28.8 Å². The molecule has 2 heterocycles. The normalized spacial score (nSPS) is 20.6. The van der Waals surface area contributed by atoms with Crippen LogP contribution in [0.15, 0.2) is 24.3 Å². The summed E-state index contributed by atoms with van der Waals surface area (Å²) in [6.45, 7) is 18.3. The maximum absolute atomic E-state index is 14.2. The van der Waals surface area contributed by atoms with Gasteiger partial charge in [-0.25, -0.2) is 4.79 Å². The summed E-state index contributed by atoms with van der Waals surface area (Å²) >= 11 is 0. The highest BCUT2D eigenvalue weighted by molar-refractivity contribution is 7.55. The maximum atomic E-state index is 14.2. The van der Waals surface area contributed by atoms with Crippen LogP contribution < -0.4 is 0 Å². The SMILES string of the molecule is CCOP(=O)(OCC)C(C(=O)OC(C)(C)C)N1C(=O)[C@@H](N2C(=O)c3ccccc3C2=O)[C@H]1CCC(O)CO[Si](C)(C)C(C)(C)C. The lowest BCUT2D eigenvalue weighted by atomic mass is 9.88. The monoisotopic (exact) mass is 668 g/mol. The summed E-state index contributed by atoms with van der Waals surface area (Å²) in [6.07, 6.45) is -0.814. The van der Waals surface area contributed by atoms with Crippen LogP contribution in [0.25, 0.3) is 0 Å². The largest absolute Gasteiger partial charge is 0.458 e. The Bertz CT molecular complexity index is 1290. The third-order valence-electron chi connectivity index (χ3n) is 8.37. The highest BCUT2D eigenvalue weighted by Gasteiger charge is 2.63. The van der Waals surface area contributed by atoms with Gasteiger partial charge in [0.25, 0.3) is 11.8 Å². The minimum Gasteiger partial charge on any atom is -0.458 e. The number of nitrogens with zero attached hydrogens (tertiary/aromatic N) is 2. The average molecular weight is 669 g/mol. The highest BCUT2D eigenvalue weighted by atomic mass is 31.2. The molecule has 0 aliphatic carbocycles. The molecule has 4 atom stereocenters. The second-order valence-electron chi connectivity index (χ2n) is 13.9. The Morgan fingerprint density at radius 3 is 1.93 bits per heavy atom. The zero-order chi connectivity index (χ0) is 34.1. The number of likely N-dealkylation sites (tertiary alicyclic amines) is 1. The average Bonchev–Trinajstić information content (AvgIpc) is 3.16. The molecule has 3 rings (SSSR count). The molecule has 45 heavy (non-hydrogen) atoms. The van der Waals surface area contributed by atoms with E-state index in [1.165, 1.54) is 12.1 Å². The van der Waals surface area contributed by atoms with Crippen molar-refractivity contribution in [2.24, 2.45) is 0 Å². The summed E-state index contributed by atoms with van der Waals surface area (Å²) in [7, 11) is -6.54. The zero-order valence-corrected chi connectivity index (χ0v) is 30.0. The van der Waals surface area contributed by atoms with Gasteiger partial charge in [-0.2, -0.15) is 0 Å². The van der Waals surface area contributed by atoms with Crippen LogP contribution in [0.5, 0.6) is 0 Å². The van der Waals surface area contributed by atoms with Crippen LogP contribution in [-0.4, -0.2) is 96.3 Å². The Hall–Kier alpha value is -2.41. The molecule has 1 aromatic carbocycles. The van der Waals surface area contributed by atoms with Crippen molar-refractivity contribution in [3.8, 4) is 0 Å². The number of imide groups is 1. The van der Waals surface area contributed by atoms with Gasteiger partial charge in [0.1, 0.15) is 11.6 Å². The first-order valence-corrected chi connectivity index (χ1v) is 20.0. The lowest BCUT2D eigenvalue weighted by Crippen LogP contribution is -2.74. The number of ether oxygens (including phenoxy) is 1. The maximum Gasteiger partial charge on any atom is 0.364 e. The Kier molecular flexibility index (Phi) is 11.3. The molecule has 0 aromatic heterocycles. The van der Waals surface area contributed by atoms with E-state index >= 15 is 0 Å². The van der Waals surface area contributed by atoms with Gasteiger partial charge in [-0.1, -0.05) is 32.9 Å². The first-order valence-electron chi connectivity index (χ1n) is 15.4. The molecule has 0 spiro atoms. The Morgan fingerprint density at radius 1 is 0.978 bits per heavy atom. The van der Waals surface area contributed by atoms with Crippen LogP contribution in [-0.2, 0) is 32.4 Å². The number of carbonyl (C=O) groups is 4. The fraction of sp³-hybridized carbons (Fsp3) is 0.677. The number of carbonyl (C=O) groups excluding carboxylic acids is 4. The van der Waals surface area contributed by atoms with Crippen LogP contribution in [0.2, 0.25) is 18.1 Å². The molecule has 252 valence electrons.